The van der Waals surface area contributed by atoms with Gasteiger partial charge in [-0.3, -0.25) is 4.79 Å². The second kappa shape index (κ2) is 5.07. The molecule has 2 heterocycles. The van der Waals surface area contributed by atoms with E-state index in [1.54, 1.807) is 17.9 Å². The van der Waals surface area contributed by atoms with Crippen LogP contribution in [0.4, 0.5) is 0 Å². The van der Waals surface area contributed by atoms with E-state index in [2.05, 4.69) is 10.3 Å². The highest BCUT2D eigenvalue weighted by atomic mass is 16.5. The van der Waals surface area contributed by atoms with Gasteiger partial charge in [-0.15, -0.1) is 0 Å². The monoisotopic (exact) mass is 252 g/mol. The van der Waals surface area contributed by atoms with Crippen molar-refractivity contribution < 1.29 is 14.5 Å². The van der Waals surface area contributed by atoms with Gasteiger partial charge in [0, 0.05) is 25.1 Å². The Bertz CT molecular complexity index is 469. The van der Waals surface area contributed by atoms with Gasteiger partial charge in [0.1, 0.15) is 5.84 Å². The Hall–Kier alpha value is -2.05. The summed E-state index contributed by atoms with van der Waals surface area (Å²) in [6.07, 6.45) is 1.63. The summed E-state index contributed by atoms with van der Waals surface area (Å²) in [5, 5.41) is 15.4. The van der Waals surface area contributed by atoms with E-state index in [4.69, 9.17) is 15.5 Å². The van der Waals surface area contributed by atoms with Gasteiger partial charge in [-0.25, -0.2) is 0 Å². The van der Waals surface area contributed by atoms with Gasteiger partial charge >= 0.3 is 0 Å². The molecule has 1 aliphatic rings. The Labute approximate surface area is 104 Å². The van der Waals surface area contributed by atoms with Crippen molar-refractivity contribution in [2.75, 3.05) is 13.1 Å². The summed E-state index contributed by atoms with van der Waals surface area (Å²) in [5.41, 5.74) is 6.25. The van der Waals surface area contributed by atoms with Crippen LogP contribution in [0, 0.1) is 12.8 Å². The lowest BCUT2D eigenvalue weighted by Crippen LogP contribution is -2.44. The minimum atomic E-state index is -0.203. The standard InChI is InChI=1S/C11H16N4O3/c1-7-5-9(18-14-7)11(16)15-4-2-3-8(6-15)10(12)13-17/h5,8,17H,2-4,6H2,1H3,(H2,12,13). The van der Waals surface area contributed by atoms with Crippen molar-refractivity contribution in [1.29, 1.82) is 0 Å². The van der Waals surface area contributed by atoms with Gasteiger partial charge in [0.2, 0.25) is 5.76 Å². The summed E-state index contributed by atoms with van der Waals surface area (Å²) in [4.78, 5) is 13.8. The molecule has 1 amide bonds. The molecular weight excluding hydrogens is 236 g/mol. The summed E-state index contributed by atoms with van der Waals surface area (Å²) in [7, 11) is 0. The van der Waals surface area contributed by atoms with E-state index in [1.165, 1.54) is 0 Å². The van der Waals surface area contributed by atoms with Gasteiger partial charge in [-0.05, 0) is 19.8 Å². The number of likely N-dealkylation sites (tertiary alicyclic amines) is 1. The number of amides is 1. The molecule has 0 aliphatic carbocycles. The SMILES string of the molecule is Cc1cc(C(=O)N2CCCC(C(N)=NO)C2)on1. The fraction of sp³-hybridized carbons (Fsp3) is 0.545. The summed E-state index contributed by atoms with van der Waals surface area (Å²) >= 11 is 0. The third kappa shape index (κ3) is 2.44. The minimum Gasteiger partial charge on any atom is -0.409 e. The number of nitrogens with two attached hydrogens (primary N) is 1. The normalized spacial score (nSPS) is 21.1. The summed E-state index contributed by atoms with van der Waals surface area (Å²) in [6.45, 7) is 2.85. The Kier molecular flexibility index (Phi) is 3.50. The molecule has 1 aliphatic heterocycles. The topological polar surface area (TPSA) is 105 Å². The highest BCUT2D eigenvalue weighted by molar-refractivity contribution is 5.92. The maximum Gasteiger partial charge on any atom is 0.292 e. The fourth-order valence-electron chi connectivity index (χ4n) is 2.10. The number of carbonyl (C=O) groups is 1. The van der Waals surface area contributed by atoms with Crippen LogP contribution in [0.5, 0.6) is 0 Å². The molecule has 1 saturated heterocycles. The molecule has 2 rings (SSSR count). The predicted octanol–water partition coefficient (Wildman–Crippen LogP) is 0.582. The van der Waals surface area contributed by atoms with Crippen molar-refractivity contribution in [3.05, 3.63) is 17.5 Å². The third-order valence-electron chi connectivity index (χ3n) is 3.08. The molecule has 98 valence electrons. The van der Waals surface area contributed by atoms with Gasteiger partial charge in [0.15, 0.2) is 0 Å². The Balaban J connectivity index is 2.07. The van der Waals surface area contributed by atoms with Crippen molar-refractivity contribution in [1.82, 2.24) is 10.1 Å². The Morgan fingerprint density at radius 1 is 1.72 bits per heavy atom. The molecule has 7 heteroatoms. The first kappa shape index (κ1) is 12.4. The summed E-state index contributed by atoms with van der Waals surface area (Å²) in [5.74, 6) is 0.0941. The molecule has 1 aromatic heterocycles. The van der Waals surface area contributed by atoms with Crippen LogP contribution >= 0.6 is 0 Å². The molecule has 3 N–H and O–H groups in total. The van der Waals surface area contributed by atoms with E-state index >= 15 is 0 Å². The van der Waals surface area contributed by atoms with Crippen LogP contribution in [0.15, 0.2) is 15.7 Å². The number of nitrogens with zero attached hydrogens (tertiary/aromatic N) is 3. The van der Waals surface area contributed by atoms with Crippen molar-refractivity contribution in [2.24, 2.45) is 16.8 Å². The van der Waals surface area contributed by atoms with Gasteiger partial charge in [-0.2, -0.15) is 0 Å². The smallest absolute Gasteiger partial charge is 0.292 e. The number of aromatic nitrogens is 1. The highest BCUT2D eigenvalue weighted by Crippen LogP contribution is 2.19. The second-order valence-corrected chi connectivity index (χ2v) is 4.45. The lowest BCUT2D eigenvalue weighted by molar-refractivity contribution is 0.0659. The zero-order chi connectivity index (χ0) is 13.1. The number of aryl methyl sites for hydroxylation is 1. The second-order valence-electron chi connectivity index (χ2n) is 4.45. The average molecular weight is 252 g/mol. The van der Waals surface area contributed by atoms with Gasteiger partial charge < -0.3 is 20.4 Å². The van der Waals surface area contributed by atoms with E-state index in [9.17, 15) is 4.79 Å². The molecule has 1 unspecified atom stereocenters. The number of oxime groups is 1. The van der Waals surface area contributed by atoms with E-state index in [0.717, 1.165) is 12.8 Å². The van der Waals surface area contributed by atoms with Gasteiger partial charge in [0.25, 0.3) is 5.91 Å². The van der Waals surface area contributed by atoms with Crippen LogP contribution in [-0.4, -0.2) is 40.1 Å². The first-order valence-electron chi connectivity index (χ1n) is 5.82. The number of hydrogen-bond acceptors (Lipinski definition) is 5. The number of piperidine rings is 1. The maximum atomic E-state index is 12.1. The largest absolute Gasteiger partial charge is 0.409 e. The summed E-state index contributed by atoms with van der Waals surface area (Å²) in [6, 6.07) is 1.61. The number of hydrogen-bond donors (Lipinski definition) is 2. The van der Waals surface area contributed by atoms with Crippen LogP contribution in [-0.2, 0) is 0 Å². The molecule has 0 aromatic carbocycles. The van der Waals surface area contributed by atoms with Crippen LogP contribution < -0.4 is 5.73 Å². The first-order chi connectivity index (χ1) is 8.61. The molecule has 18 heavy (non-hydrogen) atoms. The molecule has 7 nitrogen and oxygen atoms in total. The molecule has 1 aromatic rings. The molecule has 1 fully saturated rings. The van der Waals surface area contributed by atoms with Crippen molar-refractivity contribution in [3.8, 4) is 0 Å². The fourth-order valence-corrected chi connectivity index (χ4v) is 2.10. The molecule has 0 saturated carbocycles. The van der Waals surface area contributed by atoms with E-state index in [-0.39, 0.29) is 23.4 Å². The van der Waals surface area contributed by atoms with Crippen LogP contribution in [0.3, 0.4) is 0 Å². The van der Waals surface area contributed by atoms with Gasteiger partial charge in [-0.1, -0.05) is 10.3 Å². The zero-order valence-electron chi connectivity index (χ0n) is 10.2. The molecule has 0 bridgehead atoms. The maximum absolute atomic E-state index is 12.1. The van der Waals surface area contributed by atoms with Crippen LogP contribution in [0.2, 0.25) is 0 Å². The first-order valence-corrected chi connectivity index (χ1v) is 5.82. The van der Waals surface area contributed by atoms with Crippen LogP contribution in [0.25, 0.3) is 0 Å². The number of amidine groups is 1. The minimum absolute atomic E-state index is 0.100. The van der Waals surface area contributed by atoms with Crippen LogP contribution in [0.1, 0.15) is 29.1 Å². The quantitative estimate of drug-likeness (QED) is 0.347. The highest BCUT2D eigenvalue weighted by Gasteiger charge is 2.28. The molecule has 0 spiro atoms. The zero-order valence-corrected chi connectivity index (χ0v) is 10.2. The van der Waals surface area contributed by atoms with Gasteiger partial charge in [0.05, 0.1) is 5.69 Å². The van der Waals surface area contributed by atoms with Crippen molar-refractivity contribution >= 4 is 11.7 Å². The van der Waals surface area contributed by atoms with E-state index < -0.39 is 0 Å². The van der Waals surface area contributed by atoms with E-state index in [1.807, 2.05) is 0 Å². The predicted molar refractivity (Wildman–Crippen MR) is 63.3 cm³/mol. The molecule has 1 atom stereocenters. The third-order valence-corrected chi connectivity index (χ3v) is 3.08. The number of rotatable bonds is 2. The number of carbonyl (C=O) groups excluding carboxylic acids is 1. The van der Waals surface area contributed by atoms with Crippen molar-refractivity contribution in [2.45, 2.75) is 19.8 Å². The lowest BCUT2D eigenvalue weighted by Gasteiger charge is -2.31. The lowest BCUT2D eigenvalue weighted by atomic mass is 9.97. The van der Waals surface area contributed by atoms with Crippen molar-refractivity contribution in [3.63, 3.8) is 0 Å². The Morgan fingerprint density at radius 3 is 3.11 bits per heavy atom. The summed E-state index contributed by atoms with van der Waals surface area (Å²) < 4.78 is 4.95. The Morgan fingerprint density at radius 2 is 2.50 bits per heavy atom. The molecule has 0 radical (unpaired) electrons. The molecular formula is C11H16N4O3. The van der Waals surface area contributed by atoms with E-state index in [0.29, 0.717) is 18.8 Å². The average Bonchev–Trinajstić information content (AvgIpc) is 2.83.